The van der Waals surface area contributed by atoms with Crippen molar-refractivity contribution in [3.8, 4) is 0 Å². The molecule has 0 bridgehead atoms. The lowest BCUT2D eigenvalue weighted by molar-refractivity contribution is -0.153. The molecule has 0 spiro atoms. The molecule has 5 nitrogen and oxygen atoms in total. The van der Waals surface area contributed by atoms with Crippen LogP contribution < -0.4 is 5.32 Å². The second-order valence-electron chi connectivity index (χ2n) is 2.67. The van der Waals surface area contributed by atoms with Crippen LogP contribution in [0.1, 0.15) is 6.92 Å². The summed E-state index contributed by atoms with van der Waals surface area (Å²) in [5.74, 6) is -1.62. The Kier molecular flexibility index (Phi) is 3.70. The molecule has 0 saturated carbocycles. The van der Waals surface area contributed by atoms with Crippen LogP contribution in [-0.4, -0.2) is 38.2 Å². The number of rotatable bonds is 2. The van der Waals surface area contributed by atoms with Gasteiger partial charge in [0.25, 0.3) is 0 Å². The van der Waals surface area contributed by atoms with Gasteiger partial charge in [-0.15, -0.1) is 0 Å². The molecule has 0 aromatic heterocycles. The van der Waals surface area contributed by atoms with E-state index in [1.807, 2.05) is 0 Å². The van der Waals surface area contributed by atoms with Crippen LogP contribution in [0.4, 0.5) is 0 Å². The first-order chi connectivity index (χ1) is 6.25. The number of hydrogen-bond donors (Lipinski definition) is 1. The van der Waals surface area contributed by atoms with Gasteiger partial charge >= 0.3 is 5.97 Å². The zero-order valence-electron chi connectivity index (χ0n) is 7.54. The minimum absolute atomic E-state index is 0.116. The highest BCUT2D eigenvalue weighted by Gasteiger charge is 2.29. The van der Waals surface area contributed by atoms with Crippen LogP contribution in [0.25, 0.3) is 0 Å². The average molecular weight is 187 g/mol. The van der Waals surface area contributed by atoms with E-state index in [4.69, 9.17) is 9.47 Å². The zero-order valence-corrected chi connectivity index (χ0v) is 7.54. The fourth-order valence-electron chi connectivity index (χ4n) is 1.06. The fraction of sp³-hybridized carbons (Fsp3) is 0.750. The Morgan fingerprint density at radius 1 is 1.77 bits per heavy atom. The third kappa shape index (κ3) is 2.69. The summed E-state index contributed by atoms with van der Waals surface area (Å²) in [6.07, 6.45) is 0. The molecule has 13 heavy (non-hydrogen) atoms. The van der Waals surface area contributed by atoms with Crippen LogP contribution in [0.2, 0.25) is 0 Å². The van der Waals surface area contributed by atoms with Crippen molar-refractivity contribution in [3.63, 3.8) is 0 Å². The lowest BCUT2D eigenvalue weighted by Gasteiger charge is -2.10. The van der Waals surface area contributed by atoms with Gasteiger partial charge in [0.1, 0.15) is 0 Å². The van der Waals surface area contributed by atoms with Gasteiger partial charge in [0.05, 0.1) is 19.8 Å². The van der Waals surface area contributed by atoms with Crippen LogP contribution in [0.5, 0.6) is 0 Å². The Morgan fingerprint density at radius 3 is 3.23 bits per heavy atom. The summed E-state index contributed by atoms with van der Waals surface area (Å²) in [4.78, 5) is 22.4. The molecule has 0 aromatic rings. The van der Waals surface area contributed by atoms with E-state index in [1.54, 1.807) is 6.92 Å². The Hall–Kier alpha value is -1.10. The normalized spacial score (nSPS) is 23.2. The SMILES string of the molecule is CCOC(=O)C1COCCNC1=O. The van der Waals surface area contributed by atoms with E-state index in [-0.39, 0.29) is 19.1 Å². The fourth-order valence-corrected chi connectivity index (χ4v) is 1.06. The lowest BCUT2D eigenvalue weighted by atomic mass is 10.1. The maximum Gasteiger partial charge on any atom is 0.320 e. The van der Waals surface area contributed by atoms with Crippen molar-refractivity contribution in [1.29, 1.82) is 0 Å². The third-order valence-corrected chi connectivity index (χ3v) is 1.72. The Morgan fingerprint density at radius 2 is 2.54 bits per heavy atom. The molecule has 1 saturated heterocycles. The van der Waals surface area contributed by atoms with Crippen LogP contribution in [0.15, 0.2) is 0 Å². The van der Waals surface area contributed by atoms with Crippen molar-refractivity contribution >= 4 is 11.9 Å². The lowest BCUT2D eigenvalue weighted by Crippen LogP contribution is -2.36. The molecule has 5 heteroatoms. The highest BCUT2D eigenvalue weighted by atomic mass is 16.5. The molecule has 1 amide bonds. The molecule has 0 aliphatic carbocycles. The van der Waals surface area contributed by atoms with Crippen molar-refractivity contribution < 1.29 is 19.1 Å². The first-order valence-corrected chi connectivity index (χ1v) is 4.27. The van der Waals surface area contributed by atoms with Gasteiger partial charge < -0.3 is 14.8 Å². The van der Waals surface area contributed by atoms with Gasteiger partial charge in [-0.2, -0.15) is 0 Å². The molecule has 1 rings (SSSR count). The molecule has 0 radical (unpaired) electrons. The predicted octanol–water partition coefficient (Wildman–Crippen LogP) is -0.688. The zero-order chi connectivity index (χ0) is 9.68. The monoisotopic (exact) mass is 187 g/mol. The number of carbonyl (C=O) groups is 2. The molecule has 1 fully saturated rings. The highest BCUT2D eigenvalue weighted by molar-refractivity contribution is 5.98. The summed E-state index contributed by atoms with van der Waals surface area (Å²) in [5.41, 5.74) is 0. The van der Waals surface area contributed by atoms with E-state index in [2.05, 4.69) is 5.32 Å². The maximum absolute atomic E-state index is 11.2. The molecule has 1 N–H and O–H groups in total. The minimum Gasteiger partial charge on any atom is -0.465 e. The Balaban J connectivity index is 2.53. The van der Waals surface area contributed by atoms with Crippen molar-refractivity contribution in [2.75, 3.05) is 26.4 Å². The van der Waals surface area contributed by atoms with Crippen molar-refractivity contribution in [2.45, 2.75) is 6.92 Å². The molecule has 1 aliphatic heterocycles. The van der Waals surface area contributed by atoms with E-state index < -0.39 is 11.9 Å². The summed E-state index contributed by atoms with van der Waals surface area (Å²) in [7, 11) is 0. The van der Waals surface area contributed by atoms with Gasteiger partial charge in [0, 0.05) is 6.54 Å². The molecular formula is C8H13NO4. The van der Waals surface area contributed by atoms with Crippen molar-refractivity contribution in [3.05, 3.63) is 0 Å². The molecular weight excluding hydrogens is 174 g/mol. The maximum atomic E-state index is 11.2. The molecule has 1 heterocycles. The van der Waals surface area contributed by atoms with Gasteiger partial charge in [0.15, 0.2) is 5.92 Å². The van der Waals surface area contributed by atoms with Gasteiger partial charge in [0.2, 0.25) is 5.91 Å². The molecule has 74 valence electrons. The number of nitrogens with one attached hydrogen (secondary N) is 1. The van der Waals surface area contributed by atoms with E-state index in [0.29, 0.717) is 13.2 Å². The van der Waals surface area contributed by atoms with E-state index in [1.165, 1.54) is 0 Å². The van der Waals surface area contributed by atoms with E-state index in [9.17, 15) is 9.59 Å². The second kappa shape index (κ2) is 4.81. The van der Waals surface area contributed by atoms with Gasteiger partial charge in [-0.3, -0.25) is 9.59 Å². The van der Waals surface area contributed by atoms with Crippen LogP contribution in [0.3, 0.4) is 0 Å². The van der Waals surface area contributed by atoms with E-state index in [0.717, 1.165) is 0 Å². The second-order valence-corrected chi connectivity index (χ2v) is 2.67. The van der Waals surface area contributed by atoms with Crippen LogP contribution in [-0.2, 0) is 19.1 Å². The summed E-state index contributed by atoms with van der Waals surface area (Å²) < 4.78 is 9.79. The minimum atomic E-state index is -0.803. The van der Waals surface area contributed by atoms with Gasteiger partial charge in [-0.05, 0) is 6.92 Å². The topological polar surface area (TPSA) is 64.6 Å². The summed E-state index contributed by atoms with van der Waals surface area (Å²) in [5, 5.41) is 2.57. The van der Waals surface area contributed by atoms with Gasteiger partial charge in [-0.1, -0.05) is 0 Å². The third-order valence-electron chi connectivity index (χ3n) is 1.72. The van der Waals surface area contributed by atoms with Crippen LogP contribution >= 0.6 is 0 Å². The summed E-state index contributed by atoms with van der Waals surface area (Å²) in [6, 6.07) is 0. The first-order valence-electron chi connectivity index (χ1n) is 4.27. The summed E-state index contributed by atoms with van der Waals surface area (Å²) >= 11 is 0. The number of ether oxygens (including phenoxy) is 2. The molecule has 1 unspecified atom stereocenters. The molecule has 1 atom stereocenters. The Bertz CT molecular complexity index is 204. The molecule has 1 aliphatic rings. The predicted molar refractivity (Wildman–Crippen MR) is 44.0 cm³/mol. The average Bonchev–Trinajstić information content (AvgIpc) is 2.30. The number of esters is 1. The largest absolute Gasteiger partial charge is 0.465 e. The quantitative estimate of drug-likeness (QED) is 0.459. The number of hydrogen-bond acceptors (Lipinski definition) is 4. The van der Waals surface area contributed by atoms with Gasteiger partial charge in [-0.25, -0.2) is 0 Å². The number of carbonyl (C=O) groups excluding carboxylic acids is 2. The van der Waals surface area contributed by atoms with Crippen molar-refractivity contribution in [2.24, 2.45) is 5.92 Å². The van der Waals surface area contributed by atoms with Crippen LogP contribution in [0, 0.1) is 5.92 Å². The summed E-state index contributed by atoms with van der Waals surface area (Å²) in [6.45, 7) is 3.00. The standard InChI is InChI=1S/C8H13NO4/c1-2-13-8(11)6-5-12-4-3-9-7(6)10/h6H,2-5H2,1H3,(H,9,10). The van der Waals surface area contributed by atoms with E-state index >= 15 is 0 Å². The van der Waals surface area contributed by atoms with Crippen molar-refractivity contribution in [1.82, 2.24) is 5.32 Å². The molecule has 0 aromatic carbocycles. The number of amides is 1. The Labute approximate surface area is 76.4 Å². The first kappa shape index (κ1) is 9.98. The highest BCUT2D eigenvalue weighted by Crippen LogP contribution is 2.04. The smallest absolute Gasteiger partial charge is 0.320 e.